The average molecular weight is 479 g/mol. The molecule has 2 heterocycles. The van der Waals surface area contributed by atoms with E-state index in [2.05, 4.69) is 10.4 Å². The minimum absolute atomic E-state index is 0.0764. The number of aliphatic hydroxyl groups excluding tert-OH is 1. The smallest absolute Gasteiger partial charge is 0.323 e. The first-order valence-electron chi connectivity index (χ1n) is 10.7. The van der Waals surface area contributed by atoms with Crippen LogP contribution in [-0.2, 0) is 16.8 Å². The van der Waals surface area contributed by atoms with Crippen LogP contribution in [0.5, 0.6) is 0 Å². The lowest BCUT2D eigenvalue weighted by atomic mass is 10.1. The van der Waals surface area contributed by atoms with Gasteiger partial charge in [-0.1, -0.05) is 17.7 Å². The number of benzene rings is 2. The molecule has 2 N–H and O–H groups in total. The Hall–Kier alpha value is -2.20. The van der Waals surface area contributed by atoms with Gasteiger partial charge in [0.2, 0.25) is 0 Å². The number of nitrogens with zero attached hydrogens (tertiary/aromatic N) is 3. The van der Waals surface area contributed by atoms with Crippen LogP contribution in [0.25, 0.3) is 10.9 Å². The van der Waals surface area contributed by atoms with Crippen molar-refractivity contribution >= 4 is 38.4 Å². The fourth-order valence-corrected chi connectivity index (χ4v) is 5.79. The van der Waals surface area contributed by atoms with Crippen LogP contribution in [-0.4, -0.2) is 46.2 Å². The van der Waals surface area contributed by atoms with E-state index in [1.807, 2.05) is 12.1 Å². The highest BCUT2D eigenvalue weighted by atomic mass is 35.5. The first kappa shape index (κ1) is 21.6. The molecule has 0 amide bonds. The van der Waals surface area contributed by atoms with E-state index in [4.69, 9.17) is 11.6 Å². The monoisotopic (exact) mass is 478 g/mol. The molecule has 7 nitrogen and oxygen atoms in total. The van der Waals surface area contributed by atoms with Crippen molar-refractivity contribution in [2.45, 2.75) is 44.2 Å². The van der Waals surface area contributed by atoms with Gasteiger partial charge in [-0.25, -0.2) is 4.39 Å². The van der Waals surface area contributed by atoms with Crippen LogP contribution in [0, 0.1) is 5.82 Å². The Kier molecular flexibility index (Phi) is 5.61. The minimum Gasteiger partial charge on any atom is -0.393 e. The minimum atomic E-state index is -3.82. The number of aromatic nitrogens is 2. The van der Waals surface area contributed by atoms with Crippen LogP contribution < -0.4 is 5.32 Å². The molecule has 10 heteroatoms. The predicted octanol–water partition coefficient (Wildman–Crippen LogP) is 3.87. The second-order valence-electron chi connectivity index (χ2n) is 8.47. The molecule has 0 bridgehead atoms. The molecule has 1 aliphatic heterocycles. The summed E-state index contributed by atoms with van der Waals surface area (Å²) in [5.41, 5.74) is 3.00. The molecule has 2 fully saturated rings. The summed E-state index contributed by atoms with van der Waals surface area (Å²) in [7, 11) is -3.82. The van der Waals surface area contributed by atoms with Crippen molar-refractivity contribution < 1.29 is 17.9 Å². The summed E-state index contributed by atoms with van der Waals surface area (Å²) in [5.74, 6) is -0.189. The van der Waals surface area contributed by atoms with Gasteiger partial charge in [-0.15, -0.1) is 4.09 Å². The summed E-state index contributed by atoms with van der Waals surface area (Å²) < 4.78 is 42.5. The molecule has 3 aromatic rings. The fourth-order valence-electron chi connectivity index (χ4n) is 4.09. The number of nitrogens with one attached hydrogen (secondary N) is 1. The van der Waals surface area contributed by atoms with Gasteiger partial charge in [-0.05, 0) is 61.6 Å². The van der Waals surface area contributed by atoms with Crippen LogP contribution in [0.3, 0.4) is 0 Å². The van der Waals surface area contributed by atoms with Gasteiger partial charge in [0.25, 0.3) is 0 Å². The molecule has 2 aliphatic rings. The van der Waals surface area contributed by atoms with E-state index in [0.717, 1.165) is 39.3 Å². The molecule has 1 aliphatic carbocycles. The number of piperidine rings is 1. The van der Waals surface area contributed by atoms with E-state index in [0.29, 0.717) is 24.9 Å². The average Bonchev–Trinajstić information content (AvgIpc) is 3.54. The Morgan fingerprint density at radius 1 is 1.12 bits per heavy atom. The summed E-state index contributed by atoms with van der Waals surface area (Å²) >= 11 is 5.87. The Bertz CT molecular complexity index is 1270. The molecule has 1 aromatic heterocycles. The molecule has 0 atom stereocenters. The van der Waals surface area contributed by atoms with E-state index in [1.165, 1.54) is 10.4 Å². The Balaban J connectivity index is 1.45. The maximum absolute atomic E-state index is 13.4. The molecule has 1 saturated carbocycles. The van der Waals surface area contributed by atoms with Crippen molar-refractivity contribution in [3.63, 3.8) is 0 Å². The van der Waals surface area contributed by atoms with Crippen molar-refractivity contribution in [2.75, 3.05) is 18.4 Å². The van der Waals surface area contributed by atoms with Crippen LogP contribution in [0.1, 0.15) is 42.9 Å². The van der Waals surface area contributed by atoms with Crippen LogP contribution in [0.4, 0.5) is 10.1 Å². The van der Waals surface area contributed by atoms with E-state index in [-0.39, 0.29) is 24.0 Å². The summed E-state index contributed by atoms with van der Waals surface area (Å²) in [4.78, 5) is 0. The van der Waals surface area contributed by atoms with Gasteiger partial charge in [-0.2, -0.15) is 17.8 Å². The normalized spacial score (nSPS) is 18.3. The summed E-state index contributed by atoms with van der Waals surface area (Å²) in [5, 5.41) is 18.5. The maximum atomic E-state index is 13.4. The molecule has 5 rings (SSSR count). The Morgan fingerprint density at radius 3 is 2.56 bits per heavy atom. The number of halogens is 2. The second kappa shape index (κ2) is 8.30. The summed E-state index contributed by atoms with van der Waals surface area (Å²) in [6.07, 6.45) is 2.38. The maximum Gasteiger partial charge on any atom is 0.323 e. The number of hydrogen-bond acceptors (Lipinski definition) is 5. The van der Waals surface area contributed by atoms with Gasteiger partial charge in [-0.3, -0.25) is 0 Å². The number of hydrogen-bond donors (Lipinski definition) is 2. The van der Waals surface area contributed by atoms with Gasteiger partial charge < -0.3 is 10.4 Å². The van der Waals surface area contributed by atoms with E-state index < -0.39 is 22.1 Å². The zero-order valence-electron chi connectivity index (χ0n) is 17.3. The molecule has 0 spiro atoms. The van der Waals surface area contributed by atoms with Gasteiger partial charge in [0.15, 0.2) is 0 Å². The highest BCUT2D eigenvalue weighted by Crippen LogP contribution is 2.43. The molecule has 170 valence electrons. The third kappa shape index (κ3) is 4.10. The molecule has 0 radical (unpaired) electrons. The molecule has 1 saturated heterocycles. The van der Waals surface area contributed by atoms with Gasteiger partial charge in [0.05, 0.1) is 22.3 Å². The number of fused-ring (bicyclic) bond motifs is 1. The van der Waals surface area contributed by atoms with Crippen LogP contribution in [0.15, 0.2) is 36.4 Å². The van der Waals surface area contributed by atoms with E-state index in [1.54, 1.807) is 18.2 Å². The Labute approximate surface area is 191 Å². The number of anilines is 1. The van der Waals surface area contributed by atoms with E-state index in [9.17, 15) is 17.9 Å². The third-order valence-corrected chi connectivity index (χ3v) is 8.11. The zero-order valence-corrected chi connectivity index (χ0v) is 18.9. The molecule has 0 unspecified atom stereocenters. The molecular weight excluding hydrogens is 455 g/mol. The Morgan fingerprint density at radius 2 is 1.88 bits per heavy atom. The van der Waals surface area contributed by atoms with Gasteiger partial charge in [0, 0.05) is 36.6 Å². The van der Waals surface area contributed by atoms with Crippen molar-refractivity contribution in [1.29, 1.82) is 0 Å². The molecular formula is C22H24ClFN4O3S. The highest BCUT2D eigenvalue weighted by Gasteiger charge is 2.34. The van der Waals surface area contributed by atoms with Crippen molar-refractivity contribution in [2.24, 2.45) is 0 Å². The lowest BCUT2D eigenvalue weighted by Gasteiger charge is -2.28. The quantitative estimate of drug-likeness (QED) is 0.561. The zero-order chi connectivity index (χ0) is 22.5. The third-order valence-electron chi connectivity index (χ3n) is 6.09. The largest absolute Gasteiger partial charge is 0.393 e. The standard InChI is InChI=1S/C22H24ClFN4O3S/c23-19-11-14(1-5-20(19)24)13-25-16-4-6-21-18(12-16)22(15-2-3-15)26-28(21)32(30,31)27-9-7-17(29)8-10-27/h1,4-6,11-12,15,17,25,29H,2-3,7-10,13H2. The van der Waals surface area contributed by atoms with Crippen molar-refractivity contribution in [1.82, 2.24) is 13.5 Å². The highest BCUT2D eigenvalue weighted by molar-refractivity contribution is 7.87. The van der Waals surface area contributed by atoms with Crippen molar-refractivity contribution in [3.8, 4) is 0 Å². The lowest BCUT2D eigenvalue weighted by Crippen LogP contribution is -2.43. The first-order chi connectivity index (χ1) is 15.3. The van der Waals surface area contributed by atoms with E-state index >= 15 is 0 Å². The summed E-state index contributed by atoms with van der Waals surface area (Å²) in [6.45, 7) is 1.01. The topological polar surface area (TPSA) is 87.5 Å². The summed E-state index contributed by atoms with van der Waals surface area (Å²) in [6, 6.07) is 10.1. The first-order valence-corrected chi connectivity index (χ1v) is 12.5. The fraction of sp³-hybridized carbons (Fsp3) is 0.409. The van der Waals surface area contributed by atoms with Gasteiger partial charge in [0.1, 0.15) is 5.82 Å². The SMILES string of the molecule is O=S(=O)(N1CCC(O)CC1)n1nc(C2CC2)c2cc(NCc3ccc(F)c(Cl)c3)ccc21. The van der Waals surface area contributed by atoms with Crippen LogP contribution in [0.2, 0.25) is 5.02 Å². The second-order valence-corrected chi connectivity index (χ2v) is 10.6. The molecule has 2 aromatic carbocycles. The predicted molar refractivity (Wildman–Crippen MR) is 122 cm³/mol. The van der Waals surface area contributed by atoms with Gasteiger partial charge >= 0.3 is 10.2 Å². The number of aliphatic hydroxyl groups is 1. The molecule has 32 heavy (non-hydrogen) atoms. The lowest BCUT2D eigenvalue weighted by molar-refractivity contribution is 0.112. The van der Waals surface area contributed by atoms with Crippen LogP contribution >= 0.6 is 11.6 Å². The van der Waals surface area contributed by atoms with Crippen molar-refractivity contribution in [3.05, 3.63) is 58.5 Å². The number of rotatable bonds is 6.